The van der Waals surface area contributed by atoms with E-state index in [0.29, 0.717) is 11.4 Å². The first-order valence-electron chi connectivity index (χ1n) is 8.11. The van der Waals surface area contributed by atoms with E-state index in [4.69, 9.17) is 0 Å². The maximum atomic E-state index is 13.6. The lowest BCUT2D eigenvalue weighted by Crippen LogP contribution is -2.36. The predicted molar refractivity (Wildman–Crippen MR) is 88.2 cm³/mol. The molecule has 126 valence electrons. The Hall–Kier alpha value is -2.50. The van der Waals surface area contributed by atoms with Crippen LogP contribution in [0.3, 0.4) is 0 Å². The fourth-order valence-corrected chi connectivity index (χ4v) is 2.85. The number of aromatic nitrogens is 1. The van der Waals surface area contributed by atoms with Gasteiger partial charge in [0.25, 0.3) is 5.91 Å². The van der Waals surface area contributed by atoms with Crippen LogP contribution in [0.25, 0.3) is 0 Å². The minimum absolute atomic E-state index is 0.151. The molecule has 0 bridgehead atoms. The number of rotatable bonds is 4. The molecule has 1 saturated carbocycles. The van der Waals surface area contributed by atoms with Gasteiger partial charge in [-0.2, -0.15) is 0 Å². The summed E-state index contributed by atoms with van der Waals surface area (Å²) in [6.45, 7) is 0. The molecule has 0 saturated heterocycles. The van der Waals surface area contributed by atoms with Crippen molar-refractivity contribution in [1.29, 1.82) is 0 Å². The summed E-state index contributed by atoms with van der Waals surface area (Å²) in [4.78, 5) is 16.3. The number of amides is 1. The first-order valence-corrected chi connectivity index (χ1v) is 8.11. The average molecular weight is 331 g/mol. The van der Waals surface area contributed by atoms with E-state index >= 15 is 0 Å². The van der Waals surface area contributed by atoms with Crippen LogP contribution in [0.4, 0.5) is 20.2 Å². The number of benzene rings is 1. The van der Waals surface area contributed by atoms with Crippen molar-refractivity contribution >= 4 is 17.3 Å². The third-order valence-electron chi connectivity index (χ3n) is 4.15. The third kappa shape index (κ3) is 4.07. The molecule has 0 spiro atoms. The van der Waals surface area contributed by atoms with Crippen LogP contribution < -0.4 is 10.6 Å². The Morgan fingerprint density at radius 3 is 2.54 bits per heavy atom. The summed E-state index contributed by atoms with van der Waals surface area (Å²) in [6, 6.07) is 6.74. The highest BCUT2D eigenvalue weighted by Gasteiger charge is 2.17. The van der Waals surface area contributed by atoms with Gasteiger partial charge in [0.05, 0.1) is 17.6 Å². The van der Waals surface area contributed by atoms with Crippen LogP contribution in [0, 0.1) is 11.6 Å². The van der Waals surface area contributed by atoms with Gasteiger partial charge in [-0.25, -0.2) is 13.8 Å². The van der Waals surface area contributed by atoms with Crippen molar-refractivity contribution in [2.24, 2.45) is 0 Å². The smallest absolute Gasteiger partial charge is 0.270 e. The number of nitrogens with zero attached hydrogens (tertiary/aromatic N) is 1. The maximum Gasteiger partial charge on any atom is 0.270 e. The lowest BCUT2D eigenvalue weighted by Gasteiger charge is -2.22. The quantitative estimate of drug-likeness (QED) is 0.884. The number of carbonyl (C=O) groups is 1. The largest absolute Gasteiger partial charge is 0.352 e. The topological polar surface area (TPSA) is 54.0 Å². The summed E-state index contributed by atoms with van der Waals surface area (Å²) in [5, 5.41) is 5.81. The molecule has 1 aromatic carbocycles. The zero-order valence-electron chi connectivity index (χ0n) is 13.2. The predicted octanol–water partition coefficient (Wildman–Crippen LogP) is 4.17. The lowest BCUT2D eigenvalue weighted by molar-refractivity contribution is 0.0922. The Labute approximate surface area is 139 Å². The van der Waals surface area contributed by atoms with E-state index in [0.717, 1.165) is 31.7 Å². The molecule has 0 atom stereocenters. The molecule has 0 radical (unpaired) electrons. The van der Waals surface area contributed by atoms with Crippen molar-refractivity contribution in [3.63, 3.8) is 0 Å². The van der Waals surface area contributed by atoms with Gasteiger partial charge < -0.3 is 10.6 Å². The minimum Gasteiger partial charge on any atom is -0.352 e. The zero-order chi connectivity index (χ0) is 16.9. The highest BCUT2D eigenvalue weighted by molar-refractivity contribution is 5.92. The molecule has 6 heteroatoms. The van der Waals surface area contributed by atoms with Crippen molar-refractivity contribution in [3.8, 4) is 0 Å². The molecular formula is C18H19F2N3O. The first kappa shape index (κ1) is 16.4. The SMILES string of the molecule is O=C(NC1CCCCC1)c1ccc(Nc2ccc(F)cc2F)cn1. The van der Waals surface area contributed by atoms with Crippen LogP contribution in [0.2, 0.25) is 0 Å². The molecule has 1 aliphatic rings. The van der Waals surface area contributed by atoms with E-state index in [1.54, 1.807) is 12.1 Å². The highest BCUT2D eigenvalue weighted by atomic mass is 19.1. The molecule has 1 aliphatic carbocycles. The van der Waals surface area contributed by atoms with Gasteiger partial charge in [0, 0.05) is 12.1 Å². The molecular weight excluding hydrogens is 312 g/mol. The first-order chi connectivity index (χ1) is 11.6. The number of carbonyl (C=O) groups excluding carboxylic acids is 1. The summed E-state index contributed by atoms with van der Waals surface area (Å²) >= 11 is 0. The van der Waals surface area contributed by atoms with Gasteiger partial charge >= 0.3 is 0 Å². The highest BCUT2D eigenvalue weighted by Crippen LogP contribution is 2.21. The van der Waals surface area contributed by atoms with Crippen molar-refractivity contribution in [3.05, 3.63) is 53.9 Å². The van der Waals surface area contributed by atoms with Crippen LogP contribution in [-0.2, 0) is 0 Å². The van der Waals surface area contributed by atoms with Gasteiger partial charge in [-0.15, -0.1) is 0 Å². The molecule has 2 aromatic rings. The van der Waals surface area contributed by atoms with Crippen molar-refractivity contribution in [1.82, 2.24) is 10.3 Å². The molecule has 2 N–H and O–H groups in total. The van der Waals surface area contributed by atoms with Gasteiger partial charge in [-0.05, 0) is 37.1 Å². The summed E-state index contributed by atoms with van der Waals surface area (Å²) in [5.41, 5.74) is 0.998. The fourth-order valence-electron chi connectivity index (χ4n) is 2.85. The summed E-state index contributed by atoms with van der Waals surface area (Å²) in [6.07, 6.45) is 6.99. The maximum absolute atomic E-state index is 13.6. The van der Waals surface area contributed by atoms with E-state index in [1.165, 1.54) is 24.8 Å². The molecule has 1 heterocycles. The van der Waals surface area contributed by atoms with E-state index < -0.39 is 11.6 Å². The second kappa shape index (κ2) is 7.38. The van der Waals surface area contributed by atoms with Crippen LogP contribution in [0.5, 0.6) is 0 Å². The second-order valence-corrected chi connectivity index (χ2v) is 5.99. The number of anilines is 2. The van der Waals surface area contributed by atoms with Crippen LogP contribution >= 0.6 is 0 Å². The summed E-state index contributed by atoms with van der Waals surface area (Å²) in [5.74, 6) is -1.51. The van der Waals surface area contributed by atoms with E-state index in [9.17, 15) is 13.6 Å². The van der Waals surface area contributed by atoms with Gasteiger partial charge in [0.15, 0.2) is 0 Å². The molecule has 1 fully saturated rings. The molecule has 24 heavy (non-hydrogen) atoms. The lowest BCUT2D eigenvalue weighted by atomic mass is 9.95. The van der Waals surface area contributed by atoms with E-state index in [2.05, 4.69) is 15.6 Å². The van der Waals surface area contributed by atoms with E-state index in [1.807, 2.05) is 0 Å². The third-order valence-corrected chi connectivity index (χ3v) is 4.15. The van der Waals surface area contributed by atoms with Crippen molar-refractivity contribution < 1.29 is 13.6 Å². The Morgan fingerprint density at radius 2 is 1.88 bits per heavy atom. The number of nitrogens with one attached hydrogen (secondary N) is 2. The van der Waals surface area contributed by atoms with E-state index in [-0.39, 0.29) is 17.6 Å². The molecule has 0 aliphatic heterocycles. The number of hydrogen-bond donors (Lipinski definition) is 2. The molecule has 3 rings (SSSR count). The van der Waals surface area contributed by atoms with Crippen molar-refractivity contribution in [2.75, 3.05) is 5.32 Å². The van der Waals surface area contributed by atoms with Crippen molar-refractivity contribution in [2.45, 2.75) is 38.1 Å². The van der Waals surface area contributed by atoms with Gasteiger partial charge in [-0.3, -0.25) is 4.79 Å². The monoisotopic (exact) mass is 331 g/mol. The Morgan fingerprint density at radius 1 is 1.08 bits per heavy atom. The van der Waals surface area contributed by atoms with Crippen LogP contribution in [0.15, 0.2) is 36.5 Å². The second-order valence-electron chi connectivity index (χ2n) is 5.99. The summed E-state index contributed by atoms with van der Waals surface area (Å²) < 4.78 is 26.5. The average Bonchev–Trinajstić information content (AvgIpc) is 2.59. The zero-order valence-corrected chi connectivity index (χ0v) is 13.2. The molecule has 1 aromatic heterocycles. The van der Waals surface area contributed by atoms with Crippen LogP contribution in [0.1, 0.15) is 42.6 Å². The number of pyridine rings is 1. The molecule has 4 nitrogen and oxygen atoms in total. The number of hydrogen-bond acceptors (Lipinski definition) is 3. The summed E-state index contributed by atoms with van der Waals surface area (Å²) in [7, 11) is 0. The normalized spacial score (nSPS) is 15.1. The van der Waals surface area contributed by atoms with Crippen LogP contribution in [-0.4, -0.2) is 16.9 Å². The number of halogens is 2. The minimum atomic E-state index is -0.686. The Balaban J connectivity index is 1.63. The molecule has 1 amide bonds. The Kier molecular flexibility index (Phi) is 5.03. The molecule has 0 unspecified atom stereocenters. The van der Waals surface area contributed by atoms with Gasteiger partial charge in [0.2, 0.25) is 0 Å². The fraction of sp³-hybridized carbons (Fsp3) is 0.333. The van der Waals surface area contributed by atoms with Gasteiger partial charge in [-0.1, -0.05) is 19.3 Å². The Bertz CT molecular complexity index is 713. The standard InChI is InChI=1S/C18H19F2N3O/c19-12-6-8-16(15(20)10-12)22-14-7-9-17(21-11-14)18(24)23-13-4-2-1-3-5-13/h6-11,13,22H,1-5H2,(H,23,24). The van der Waals surface area contributed by atoms with Gasteiger partial charge in [0.1, 0.15) is 17.3 Å².